The summed E-state index contributed by atoms with van der Waals surface area (Å²) >= 11 is 0. The molecule has 0 spiro atoms. The van der Waals surface area contributed by atoms with Crippen LogP contribution in [-0.4, -0.2) is 15.0 Å². The zero-order valence-electron chi connectivity index (χ0n) is 12.1. The predicted molar refractivity (Wildman–Crippen MR) is 73.8 cm³/mol. The van der Waals surface area contributed by atoms with E-state index in [0.717, 1.165) is 12.1 Å². The van der Waals surface area contributed by atoms with Crippen molar-refractivity contribution in [3.05, 3.63) is 41.7 Å². The summed E-state index contributed by atoms with van der Waals surface area (Å²) in [5, 5.41) is 10.9. The average Bonchev–Trinajstić information content (AvgIpc) is 2.84. The summed E-state index contributed by atoms with van der Waals surface area (Å²) < 4.78 is 39.6. The molecule has 2 rings (SSSR count). The van der Waals surface area contributed by atoms with Gasteiger partial charge in [0.25, 0.3) is 0 Å². The number of hydrogen-bond acceptors (Lipinski definition) is 3. The first-order chi connectivity index (χ1) is 9.66. The molecule has 1 N–H and O–H groups in total. The van der Waals surface area contributed by atoms with Gasteiger partial charge in [-0.05, 0) is 39.0 Å². The number of nitrogens with zero attached hydrogens (tertiary/aromatic N) is 3. The van der Waals surface area contributed by atoms with E-state index in [0.29, 0.717) is 17.9 Å². The number of nitrogens with one attached hydrogen (secondary N) is 1. The molecule has 21 heavy (non-hydrogen) atoms. The molecular weight excluding hydrogens is 281 g/mol. The second-order valence-corrected chi connectivity index (χ2v) is 5.76. The molecule has 0 aliphatic rings. The number of anilines is 1. The third kappa shape index (κ3) is 3.96. The first kappa shape index (κ1) is 15.3. The maximum absolute atomic E-state index is 12.6. The van der Waals surface area contributed by atoms with Crippen LogP contribution < -0.4 is 5.32 Å². The Labute approximate surface area is 121 Å². The standard InChI is InChI=1S/C14H17F3N4/c1-13(2,3)21-9-12(19-20-21)8-18-11-6-4-5-10(7-11)14(15,16)17/h4-7,9,18H,8H2,1-3H3. The summed E-state index contributed by atoms with van der Waals surface area (Å²) in [5.41, 5.74) is 0.213. The van der Waals surface area contributed by atoms with Gasteiger partial charge in [-0.3, -0.25) is 0 Å². The lowest BCUT2D eigenvalue weighted by Gasteiger charge is -2.17. The van der Waals surface area contributed by atoms with Crippen LogP contribution in [0.25, 0.3) is 0 Å². The van der Waals surface area contributed by atoms with E-state index < -0.39 is 11.7 Å². The number of benzene rings is 1. The van der Waals surface area contributed by atoms with Crippen molar-refractivity contribution < 1.29 is 13.2 Å². The molecule has 2 aromatic rings. The first-order valence-electron chi connectivity index (χ1n) is 6.49. The van der Waals surface area contributed by atoms with Gasteiger partial charge in [0.15, 0.2) is 0 Å². The first-order valence-corrected chi connectivity index (χ1v) is 6.49. The summed E-state index contributed by atoms with van der Waals surface area (Å²) in [6.07, 6.45) is -2.56. The van der Waals surface area contributed by atoms with Crippen LogP contribution in [0.1, 0.15) is 32.0 Å². The van der Waals surface area contributed by atoms with E-state index in [1.54, 1.807) is 16.9 Å². The Balaban J connectivity index is 2.05. The minimum Gasteiger partial charge on any atom is -0.379 e. The van der Waals surface area contributed by atoms with E-state index in [2.05, 4.69) is 15.6 Å². The predicted octanol–water partition coefficient (Wildman–Crippen LogP) is 3.66. The Hall–Kier alpha value is -2.05. The molecule has 0 unspecified atom stereocenters. The number of alkyl halides is 3. The molecular formula is C14H17F3N4. The van der Waals surface area contributed by atoms with Gasteiger partial charge < -0.3 is 5.32 Å². The average molecular weight is 298 g/mol. The van der Waals surface area contributed by atoms with E-state index in [9.17, 15) is 13.2 Å². The van der Waals surface area contributed by atoms with Crippen LogP contribution in [-0.2, 0) is 18.3 Å². The fourth-order valence-corrected chi connectivity index (χ4v) is 1.71. The molecule has 0 amide bonds. The Morgan fingerprint density at radius 1 is 1.19 bits per heavy atom. The molecule has 0 saturated carbocycles. The fourth-order valence-electron chi connectivity index (χ4n) is 1.71. The second-order valence-electron chi connectivity index (χ2n) is 5.76. The molecule has 1 aromatic heterocycles. The summed E-state index contributed by atoms with van der Waals surface area (Å²) in [5.74, 6) is 0. The molecule has 0 aliphatic heterocycles. The highest BCUT2D eigenvalue weighted by Crippen LogP contribution is 2.30. The van der Waals surface area contributed by atoms with Crippen molar-refractivity contribution in [3.63, 3.8) is 0 Å². The van der Waals surface area contributed by atoms with Crippen molar-refractivity contribution >= 4 is 5.69 Å². The molecule has 0 fully saturated rings. The lowest BCUT2D eigenvalue weighted by Crippen LogP contribution is -2.22. The number of halogens is 3. The third-order valence-corrected chi connectivity index (χ3v) is 2.89. The molecule has 0 atom stereocenters. The topological polar surface area (TPSA) is 42.7 Å². The fraction of sp³-hybridized carbons (Fsp3) is 0.429. The van der Waals surface area contributed by atoms with Gasteiger partial charge in [-0.15, -0.1) is 5.10 Å². The summed E-state index contributed by atoms with van der Waals surface area (Å²) in [6.45, 7) is 6.29. The van der Waals surface area contributed by atoms with Crippen molar-refractivity contribution in [2.75, 3.05) is 5.32 Å². The van der Waals surface area contributed by atoms with Crippen molar-refractivity contribution in [2.24, 2.45) is 0 Å². The van der Waals surface area contributed by atoms with Crippen molar-refractivity contribution in [3.8, 4) is 0 Å². The largest absolute Gasteiger partial charge is 0.416 e. The molecule has 0 saturated heterocycles. The highest BCUT2D eigenvalue weighted by atomic mass is 19.4. The Bertz CT molecular complexity index is 611. The second kappa shape index (κ2) is 5.38. The number of hydrogen-bond donors (Lipinski definition) is 1. The quantitative estimate of drug-likeness (QED) is 0.940. The van der Waals surface area contributed by atoms with E-state index in [1.165, 1.54) is 6.07 Å². The van der Waals surface area contributed by atoms with Crippen molar-refractivity contribution in [2.45, 2.75) is 39.0 Å². The minimum absolute atomic E-state index is 0.179. The van der Waals surface area contributed by atoms with Crippen LogP contribution in [0.4, 0.5) is 18.9 Å². The van der Waals surface area contributed by atoms with E-state index >= 15 is 0 Å². The number of aromatic nitrogens is 3. The Morgan fingerprint density at radius 2 is 1.90 bits per heavy atom. The van der Waals surface area contributed by atoms with Crippen LogP contribution in [0.2, 0.25) is 0 Å². The van der Waals surface area contributed by atoms with Crippen LogP contribution in [0.15, 0.2) is 30.5 Å². The van der Waals surface area contributed by atoms with Gasteiger partial charge in [0.1, 0.15) is 5.69 Å². The lowest BCUT2D eigenvalue weighted by atomic mass is 10.1. The van der Waals surface area contributed by atoms with Gasteiger partial charge in [-0.25, -0.2) is 4.68 Å². The highest BCUT2D eigenvalue weighted by molar-refractivity contribution is 5.46. The number of rotatable bonds is 3. The Morgan fingerprint density at radius 3 is 2.48 bits per heavy atom. The van der Waals surface area contributed by atoms with Crippen molar-refractivity contribution in [1.29, 1.82) is 0 Å². The third-order valence-electron chi connectivity index (χ3n) is 2.89. The molecule has 7 heteroatoms. The normalized spacial score (nSPS) is 12.5. The lowest BCUT2D eigenvalue weighted by molar-refractivity contribution is -0.137. The van der Waals surface area contributed by atoms with Crippen LogP contribution in [0.3, 0.4) is 0 Å². The van der Waals surface area contributed by atoms with Crippen LogP contribution >= 0.6 is 0 Å². The molecule has 0 bridgehead atoms. The molecule has 1 aromatic carbocycles. The zero-order valence-corrected chi connectivity index (χ0v) is 12.1. The van der Waals surface area contributed by atoms with E-state index in [-0.39, 0.29) is 5.54 Å². The van der Waals surface area contributed by atoms with Gasteiger partial charge >= 0.3 is 6.18 Å². The molecule has 4 nitrogen and oxygen atoms in total. The van der Waals surface area contributed by atoms with Gasteiger partial charge in [-0.1, -0.05) is 11.3 Å². The van der Waals surface area contributed by atoms with E-state index in [1.807, 2.05) is 20.8 Å². The van der Waals surface area contributed by atoms with Gasteiger partial charge in [0.05, 0.1) is 23.8 Å². The maximum Gasteiger partial charge on any atom is 0.416 e. The summed E-state index contributed by atoms with van der Waals surface area (Å²) in [7, 11) is 0. The summed E-state index contributed by atoms with van der Waals surface area (Å²) in [4.78, 5) is 0. The molecule has 0 radical (unpaired) electrons. The molecule has 0 aliphatic carbocycles. The van der Waals surface area contributed by atoms with Gasteiger partial charge in [0.2, 0.25) is 0 Å². The summed E-state index contributed by atoms with van der Waals surface area (Å²) in [6, 6.07) is 5.08. The van der Waals surface area contributed by atoms with Gasteiger partial charge in [-0.2, -0.15) is 13.2 Å². The minimum atomic E-state index is -4.34. The highest BCUT2D eigenvalue weighted by Gasteiger charge is 2.30. The van der Waals surface area contributed by atoms with Crippen molar-refractivity contribution in [1.82, 2.24) is 15.0 Å². The Kier molecular flexibility index (Phi) is 3.93. The van der Waals surface area contributed by atoms with Crippen LogP contribution in [0, 0.1) is 0 Å². The maximum atomic E-state index is 12.6. The zero-order chi connectivity index (χ0) is 15.7. The smallest absolute Gasteiger partial charge is 0.379 e. The molecule has 1 heterocycles. The van der Waals surface area contributed by atoms with Crippen LogP contribution in [0.5, 0.6) is 0 Å². The monoisotopic (exact) mass is 298 g/mol. The SMILES string of the molecule is CC(C)(C)n1cc(CNc2cccc(C(F)(F)F)c2)nn1. The van der Waals surface area contributed by atoms with Gasteiger partial charge in [0, 0.05) is 5.69 Å². The van der Waals surface area contributed by atoms with E-state index in [4.69, 9.17) is 0 Å². The molecule has 114 valence electrons.